The second-order valence-electron chi connectivity index (χ2n) is 1.14. The van der Waals surface area contributed by atoms with Crippen LogP contribution in [0.25, 0.3) is 0 Å². The van der Waals surface area contributed by atoms with Gasteiger partial charge in [0.2, 0.25) is 0 Å². The van der Waals surface area contributed by atoms with E-state index in [1.54, 1.807) is 0 Å². The normalized spacial score (nSPS) is 19.8. The summed E-state index contributed by atoms with van der Waals surface area (Å²) in [5.74, 6) is 0. The predicted molar refractivity (Wildman–Crippen MR) is 19.9 cm³/mol. The molecular formula is CH4B2O. The highest BCUT2D eigenvalue weighted by Gasteiger charge is 2.23. The zero-order chi connectivity index (χ0) is 2.99. The van der Waals surface area contributed by atoms with Gasteiger partial charge < -0.3 is 4.57 Å². The molecule has 1 fully saturated rings. The van der Waals surface area contributed by atoms with Gasteiger partial charge in [-0.1, -0.05) is 6.82 Å². The Kier molecular flexibility index (Phi) is 0.304. The Morgan fingerprint density at radius 3 is 2.25 bits per heavy atom. The van der Waals surface area contributed by atoms with Crippen molar-refractivity contribution in [3.05, 3.63) is 0 Å². The molecule has 0 spiro atoms. The summed E-state index contributed by atoms with van der Waals surface area (Å²) in [6.07, 6.45) is 0. The maximum atomic E-state index is 4.71. The van der Waals surface area contributed by atoms with Crippen molar-refractivity contribution in [1.82, 2.24) is 0 Å². The highest BCUT2D eigenvalue weighted by Crippen LogP contribution is 1.94. The first kappa shape index (κ1) is 2.33. The summed E-state index contributed by atoms with van der Waals surface area (Å²) in [4.78, 5) is 0. The molecule has 0 saturated carbocycles. The Balaban J connectivity index is 2.17. The Morgan fingerprint density at radius 2 is 2.25 bits per heavy atom. The minimum absolute atomic E-state index is 0.583. The smallest absolute Gasteiger partial charge is 0.264 e. The van der Waals surface area contributed by atoms with E-state index in [-0.39, 0.29) is 0 Å². The van der Waals surface area contributed by atoms with E-state index in [1.807, 2.05) is 0 Å². The molecule has 3 heteroatoms. The SMILES string of the molecule is CB1BO1. The molecule has 1 aliphatic rings. The van der Waals surface area contributed by atoms with E-state index in [2.05, 4.69) is 6.82 Å². The van der Waals surface area contributed by atoms with Gasteiger partial charge in [0.1, 0.15) is 0 Å². The van der Waals surface area contributed by atoms with Crippen LogP contribution in [0.4, 0.5) is 0 Å². The lowest BCUT2D eigenvalue weighted by atomic mass is 9.58. The third-order valence-corrected chi connectivity index (χ3v) is 0.500. The third-order valence-electron chi connectivity index (χ3n) is 0.500. The molecule has 0 aromatic heterocycles. The second-order valence-corrected chi connectivity index (χ2v) is 1.14. The molecule has 0 amide bonds. The lowest BCUT2D eigenvalue weighted by Crippen LogP contribution is -1.72. The minimum Gasteiger partial charge on any atom is -0.509 e. The van der Waals surface area contributed by atoms with Gasteiger partial charge in [-0.25, -0.2) is 0 Å². The van der Waals surface area contributed by atoms with Gasteiger partial charge >= 0.3 is 0 Å². The average molecular weight is 53.7 g/mol. The van der Waals surface area contributed by atoms with Crippen molar-refractivity contribution >= 4 is 14.2 Å². The van der Waals surface area contributed by atoms with Gasteiger partial charge in [-0.3, -0.25) is 0 Å². The molecule has 0 aromatic rings. The summed E-state index contributed by atoms with van der Waals surface area (Å²) in [6, 6.07) is 0. The van der Waals surface area contributed by atoms with Crippen LogP contribution in [0.1, 0.15) is 0 Å². The molecule has 1 rings (SSSR count). The summed E-state index contributed by atoms with van der Waals surface area (Å²) in [6.45, 7) is 2.64. The molecule has 1 aliphatic heterocycles. The van der Waals surface area contributed by atoms with Gasteiger partial charge in [0, 0.05) is 0 Å². The average Bonchev–Trinajstić information content (AvgIpc) is 1.75. The van der Waals surface area contributed by atoms with Crippen molar-refractivity contribution in [1.29, 1.82) is 0 Å². The van der Waals surface area contributed by atoms with Crippen LogP contribution in [0.15, 0.2) is 0 Å². The maximum Gasteiger partial charge on any atom is 0.264 e. The number of hydrogen-bond donors (Lipinski definition) is 0. The van der Waals surface area contributed by atoms with Gasteiger partial charge in [-0.2, -0.15) is 0 Å². The van der Waals surface area contributed by atoms with E-state index in [4.69, 9.17) is 4.57 Å². The minimum atomic E-state index is 0.583. The molecule has 1 saturated heterocycles. The molecule has 0 aliphatic carbocycles. The Hall–Kier alpha value is 0.0899. The standard InChI is InChI=1S/CH4B2O/c1-3-2-4-3/h2H,1H3. The first-order chi connectivity index (χ1) is 1.89. The van der Waals surface area contributed by atoms with E-state index in [0.717, 1.165) is 7.37 Å². The summed E-state index contributed by atoms with van der Waals surface area (Å²) in [5, 5.41) is 0. The van der Waals surface area contributed by atoms with E-state index in [9.17, 15) is 0 Å². The fourth-order valence-corrected chi connectivity index (χ4v) is 0.0962. The van der Waals surface area contributed by atoms with Crippen molar-refractivity contribution in [2.75, 3.05) is 0 Å². The molecule has 0 bridgehead atoms. The van der Waals surface area contributed by atoms with Crippen LogP contribution in [0.2, 0.25) is 6.82 Å². The van der Waals surface area contributed by atoms with Gasteiger partial charge in [-0.05, 0) is 0 Å². The first-order valence-corrected chi connectivity index (χ1v) is 1.51. The molecule has 20 valence electrons. The van der Waals surface area contributed by atoms with E-state index >= 15 is 0 Å². The van der Waals surface area contributed by atoms with Crippen LogP contribution in [0.5, 0.6) is 0 Å². The van der Waals surface area contributed by atoms with E-state index in [0.29, 0.717) is 6.81 Å². The summed E-state index contributed by atoms with van der Waals surface area (Å²) in [5.41, 5.74) is 0. The van der Waals surface area contributed by atoms with Crippen LogP contribution in [0.3, 0.4) is 0 Å². The fraction of sp³-hybridized carbons (Fsp3) is 1.00. The Bertz CT molecular complexity index is 25.2. The van der Waals surface area contributed by atoms with Crippen LogP contribution in [-0.2, 0) is 4.57 Å². The Morgan fingerprint density at radius 1 is 2.00 bits per heavy atom. The summed E-state index contributed by atoms with van der Waals surface area (Å²) < 4.78 is 4.71. The summed E-state index contributed by atoms with van der Waals surface area (Å²) >= 11 is 0. The molecule has 1 heterocycles. The largest absolute Gasteiger partial charge is 0.509 e. The second kappa shape index (κ2) is 0.521. The number of hydrogen-bond acceptors (Lipinski definition) is 1. The van der Waals surface area contributed by atoms with Crippen LogP contribution < -0.4 is 0 Å². The van der Waals surface area contributed by atoms with Crippen molar-refractivity contribution in [2.45, 2.75) is 6.82 Å². The Labute approximate surface area is 26.7 Å². The summed E-state index contributed by atoms with van der Waals surface area (Å²) in [7, 11) is 0.986. The highest BCUT2D eigenvalue weighted by molar-refractivity contribution is 7.20. The van der Waals surface area contributed by atoms with Gasteiger partial charge in [0.25, 0.3) is 14.2 Å². The topological polar surface area (TPSA) is 12.5 Å². The van der Waals surface area contributed by atoms with Crippen molar-refractivity contribution in [2.24, 2.45) is 0 Å². The number of rotatable bonds is 0. The van der Waals surface area contributed by atoms with Crippen LogP contribution in [-0.4, -0.2) is 14.2 Å². The molecule has 0 aromatic carbocycles. The van der Waals surface area contributed by atoms with Gasteiger partial charge in [0.05, 0.1) is 0 Å². The predicted octanol–water partition coefficient (Wildman–Crippen LogP) is -0.514. The molecule has 0 atom stereocenters. The van der Waals surface area contributed by atoms with Crippen molar-refractivity contribution < 1.29 is 4.57 Å². The van der Waals surface area contributed by atoms with Crippen molar-refractivity contribution in [3.8, 4) is 0 Å². The third kappa shape index (κ3) is 0.260. The molecule has 0 N–H and O–H groups in total. The lowest BCUT2D eigenvalue weighted by Gasteiger charge is -1.48. The highest BCUT2D eigenvalue weighted by atomic mass is 16.4. The lowest BCUT2D eigenvalue weighted by molar-refractivity contribution is 0.737. The van der Waals surface area contributed by atoms with Gasteiger partial charge in [-0.15, -0.1) is 0 Å². The van der Waals surface area contributed by atoms with Crippen molar-refractivity contribution in [3.63, 3.8) is 0 Å². The molecular weight excluding hydrogens is 49.6 g/mol. The molecule has 0 unspecified atom stereocenters. The fourth-order valence-electron chi connectivity index (χ4n) is 0.0962. The first-order valence-electron chi connectivity index (χ1n) is 1.51. The maximum absolute atomic E-state index is 4.71. The molecule has 4 heavy (non-hydrogen) atoms. The molecule has 1 nitrogen and oxygen atoms in total. The zero-order valence-electron chi connectivity index (χ0n) is 2.69. The van der Waals surface area contributed by atoms with Crippen LogP contribution >= 0.6 is 0 Å². The molecule has 0 radical (unpaired) electrons. The van der Waals surface area contributed by atoms with E-state index in [1.165, 1.54) is 0 Å². The monoisotopic (exact) mass is 54.0 g/mol. The van der Waals surface area contributed by atoms with Gasteiger partial charge in [0.15, 0.2) is 0 Å². The quantitative estimate of drug-likeness (QED) is 0.268. The van der Waals surface area contributed by atoms with Crippen LogP contribution in [0, 0.1) is 0 Å². The zero-order valence-corrected chi connectivity index (χ0v) is 2.69. The van der Waals surface area contributed by atoms with E-state index < -0.39 is 0 Å².